The SMILES string of the molecule is COc1cc2nc(SCc3cc(C)ccc3C)n(N)c(=O)c2cc1OC. The largest absolute Gasteiger partial charge is 0.493 e. The first kappa shape index (κ1) is 18.1. The molecule has 1 heterocycles. The van der Waals surface area contributed by atoms with Gasteiger partial charge in [-0.3, -0.25) is 4.79 Å². The Kier molecular flexibility index (Phi) is 5.08. The molecule has 0 unspecified atom stereocenters. The van der Waals surface area contributed by atoms with Crippen LogP contribution in [0.5, 0.6) is 11.5 Å². The first-order chi connectivity index (χ1) is 12.4. The molecule has 0 aliphatic heterocycles. The van der Waals surface area contributed by atoms with Gasteiger partial charge in [-0.25, -0.2) is 9.66 Å². The molecule has 0 aliphatic rings. The Hall–Kier alpha value is -2.67. The fourth-order valence-electron chi connectivity index (χ4n) is 2.71. The van der Waals surface area contributed by atoms with Crippen LogP contribution in [0.25, 0.3) is 10.9 Å². The third-order valence-electron chi connectivity index (χ3n) is 4.23. The van der Waals surface area contributed by atoms with E-state index in [2.05, 4.69) is 37.0 Å². The zero-order valence-electron chi connectivity index (χ0n) is 15.2. The van der Waals surface area contributed by atoms with Crippen LogP contribution >= 0.6 is 11.8 Å². The lowest BCUT2D eigenvalue weighted by Crippen LogP contribution is -2.29. The predicted octanol–water partition coefficient (Wildman–Crippen LogP) is 3.04. The Morgan fingerprint density at radius 3 is 2.50 bits per heavy atom. The molecule has 26 heavy (non-hydrogen) atoms. The molecule has 0 fully saturated rings. The summed E-state index contributed by atoms with van der Waals surface area (Å²) in [4.78, 5) is 17.2. The van der Waals surface area contributed by atoms with E-state index in [1.54, 1.807) is 19.2 Å². The highest BCUT2D eigenvalue weighted by Crippen LogP contribution is 2.31. The van der Waals surface area contributed by atoms with E-state index in [0.29, 0.717) is 33.3 Å². The minimum absolute atomic E-state index is 0.320. The molecule has 0 amide bonds. The molecule has 3 rings (SSSR count). The van der Waals surface area contributed by atoms with E-state index in [0.717, 1.165) is 4.68 Å². The van der Waals surface area contributed by atoms with E-state index in [9.17, 15) is 4.79 Å². The molecule has 0 aliphatic carbocycles. The van der Waals surface area contributed by atoms with Crippen LogP contribution in [0.15, 0.2) is 40.3 Å². The van der Waals surface area contributed by atoms with Gasteiger partial charge in [0.15, 0.2) is 16.7 Å². The van der Waals surface area contributed by atoms with Gasteiger partial charge in [0.2, 0.25) is 0 Å². The second kappa shape index (κ2) is 7.29. The van der Waals surface area contributed by atoms with Crippen molar-refractivity contribution in [2.75, 3.05) is 20.1 Å². The maximum absolute atomic E-state index is 12.6. The quantitative estimate of drug-likeness (QED) is 0.422. The Morgan fingerprint density at radius 2 is 1.81 bits per heavy atom. The van der Waals surface area contributed by atoms with E-state index in [1.807, 2.05) is 0 Å². The molecule has 0 saturated carbocycles. The lowest BCUT2D eigenvalue weighted by Gasteiger charge is -2.12. The van der Waals surface area contributed by atoms with Gasteiger partial charge in [-0.05, 0) is 31.0 Å². The molecule has 2 N–H and O–H groups in total. The molecule has 0 atom stereocenters. The number of nitrogens with two attached hydrogens (primary N) is 1. The second-order valence-corrected chi connectivity index (χ2v) is 6.95. The summed E-state index contributed by atoms with van der Waals surface area (Å²) in [7, 11) is 3.07. The van der Waals surface area contributed by atoms with Crippen molar-refractivity contribution < 1.29 is 9.47 Å². The average molecular weight is 371 g/mol. The van der Waals surface area contributed by atoms with E-state index < -0.39 is 0 Å². The van der Waals surface area contributed by atoms with Gasteiger partial charge in [0.25, 0.3) is 5.56 Å². The van der Waals surface area contributed by atoms with Crippen molar-refractivity contribution in [1.29, 1.82) is 0 Å². The van der Waals surface area contributed by atoms with E-state index >= 15 is 0 Å². The summed E-state index contributed by atoms with van der Waals surface area (Å²) in [6, 6.07) is 9.60. The molecular weight excluding hydrogens is 350 g/mol. The van der Waals surface area contributed by atoms with Crippen molar-refractivity contribution >= 4 is 22.7 Å². The van der Waals surface area contributed by atoms with Crippen molar-refractivity contribution in [2.24, 2.45) is 0 Å². The summed E-state index contributed by atoms with van der Waals surface area (Å²) in [5.74, 6) is 7.66. The summed E-state index contributed by atoms with van der Waals surface area (Å²) in [6.07, 6.45) is 0. The standard InChI is InChI=1S/C19H21N3O3S/c1-11-5-6-12(2)13(7-11)10-26-19-21-15-9-17(25-4)16(24-3)8-14(15)18(23)22(19)20/h5-9H,10,20H2,1-4H3. The zero-order valence-corrected chi connectivity index (χ0v) is 16.0. The number of aryl methyl sites for hydroxylation is 2. The van der Waals surface area contributed by atoms with Gasteiger partial charge in [0, 0.05) is 11.8 Å². The number of hydrogen-bond donors (Lipinski definition) is 1. The highest BCUT2D eigenvalue weighted by atomic mass is 32.2. The highest BCUT2D eigenvalue weighted by molar-refractivity contribution is 7.98. The van der Waals surface area contributed by atoms with Crippen LogP contribution in [0, 0.1) is 13.8 Å². The Bertz CT molecular complexity index is 1030. The summed E-state index contributed by atoms with van der Waals surface area (Å²) in [6.45, 7) is 4.12. The number of nitrogen functional groups attached to an aromatic ring is 1. The number of benzene rings is 2. The van der Waals surface area contributed by atoms with Crippen molar-refractivity contribution in [1.82, 2.24) is 9.66 Å². The number of rotatable bonds is 5. The van der Waals surface area contributed by atoms with Crippen LogP contribution < -0.4 is 20.9 Å². The van der Waals surface area contributed by atoms with Crippen LogP contribution in [-0.2, 0) is 5.75 Å². The maximum atomic E-state index is 12.6. The molecule has 3 aromatic rings. The van der Waals surface area contributed by atoms with Crippen LogP contribution in [-0.4, -0.2) is 23.9 Å². The number of thioether (sulfide) groups is 1. The van der Waals surface area contributed by atoms with Crippen LogP contribution in [0.2, 0.25) is 0 Å². The fraction of sp³-hybridized carbons (Fsp3) is 0.263. The third kappa shape index (κ3) is 3.35. The summed E-state index contributed by atoms with van der Waals surface area (Å²) in [5.41, 5.74) is 3.79. The van der Waals surface area contributed by atoms with Crippen molar-refractivity contribution in [3.05, 3.63) is 57.4 Å². The highest BCUT2D eigenvalue weighted by Gasteiger charge is 2.14. The van der Waals surface area contributed by atoms with Gasteiger partial charge in [-0.2, -0.15) is 0 Å². The van der Waals surface area contributed by atoms with Gasteiger partial charge >= 0.3 is 0 Å². The van der Waals surface area contributed by atoms with Gasteiger partial charge in [-0.1, -0.05) is 35.5 Å². The third-order valence-corrected chi connectivity index (χ3v) is 5.24. The number of nitrogens with zero attached hydrogens (tertiary/aromatic N) is 2. The summed E-state index contributed by atoms with van der Waals surface area (Å²) >= 11 is 1.43. The monoisotopic (exact) mass is 371 g/mol. The first-order valence-corrected chi connectivity index (χ1v) is 9.06. The molecule has 7 heteroatoms. The second-order valence-electron chi connectivity index (χ2n) is 6.01. The normalized spacial score (nSPS) is 10.9. The topological polar surface area (TPSA) is 79.4 Å². The molecule has 136 valence electrons. The fourth-order valence-corrected chi connectivity index (χ4v) is 3.69. The van der Waals surface area contributed by atoms with Crippen LogP contribution in [0.4, 0.5) is 0 Å². The van der Waals surface area contributed by atoms with Crippen LogP contribution in [0.3, 0.4) is 0 Å². The predicted molar refractivity (Wildman–Crippen MR) is 105 cm³/mol. The minimum Gasteiger partial charge on any atom is -0.493 e. The van der Waals surface area contributed by atoms with E-state index in [1.165, 1.54) is 35.6 Å². The summed E-state index contributed by atoms with van der Waals surface area (Å²) in [5, 5.41) is 0.844. The smallest absolute Gasteiger partial charge is 0.280 e. The number of methoxy groups -OCH3 is 2. The van der Waals surface area contributed by atoms with Crippen molar-refractivity contribution in [3.8, 4) is 11.5 Å². The number of fused-ring (bicyclic) bond motifs is 1. The lowest BCUT2D eigenvalue weighted by molar-refractivity contribution is 0.355. The van der Waals surface area contributed by atoms with E-state index in [4.69, 9.17) is 15.3 Å². The molecule has 2 aromatic carbocycles. The lowest BCUT2D eigenvalue weighted by atomic mass is 10.1. The molecular formula is C19H21N3O3S. The molecule has 0 radical (unpaired) electrons. The van der Waals surface area contributed by atoms with Gasteiger partial charge in [0.05, 0.1) is 25.1 Å². The molecule has 0 saturated heterocycles. The van der Waals surface area contributed by atoms with Crippen molar-refractivity contribution in [2.45, 2.75) is 24.8 Å². The maximum Gasteiger partial charge on any atom is 0.280 e. The number of ether oxygens (including phenoxy) is 2. The molecule has 0 spiro atoms. The number of hydrogen-bond acceptors (Lipinski definition) is 6. The van der Waals surface area contributed by atoms with Gasteiger partial charge in [-0.15, -0.1) is 0 Å². The molecule has 6 nitrogen and oxygen atoms in total. The Balaban J connectivity index is 2.02. The van der Waals surface area contributed by atoms with Gasteiger partial charge < -0.3 is 15.3 Å². The van der Waals surface area contributed by atoms with Crippen LogP contribution in [0.1, 0.15) is 16.7 Å². The van der Waals surface area contributed by atoms with E-state index in [-0.39, 0.29) is 5.56 Å². The minimum atomic E-state index is -0.320. The van der Waals surface area contributed by atoms with Crippen molar-refractivity contribution in [3.63, 3.8) is 0 Å². The first-order valence-electron chi connectivity index (χ1n) is 8.07. The van der Waals surface area contributed by atoms with Gasteiger partial charge in [0.1, 0.15) is 0 Å². The Labute approximate surface area is 155 Å². The summed E-state index contributed by atoms with van der Waals surface area (Å²) < 4.78 is 11.6. The number of aromatic nitrogens is 2. The zero-order chi connectivity index (χ0) is 18.8. The Morgan fingerprint density at radius 1 is 1.12 bits per heavy atom. The molecule has 1 aromatic heterocycles. The molecule has 0 bridgehead atoms. The average Bonchev–Trinajstić information content (AvgIpc) is 2.65.